The largest absolute Gasteiger partial charge is 0.497 e. The van der Waals surface area contributed by atoms with Crippen molar-refractivity contribution in [1.82, 2.24) is 4.31 Å². The first-order valence-corrected chi connectivity index (χ1v) is 7.76. The first-order chi connectivity index (χ1) is 10.0. The van der Waals surface area contributed by atoms with Gasteiger partial charge in [-0.3, -0.25) is 4.79 Å². The van der Waals surface area contributed by atoms with Crippen LogP contribution in [0.2, 0.25) is 0 Å². The molecule has 1 fully saturated rings. The summed E-state index contributed by atoms with van der Waals surface area (Å²) in [4.78, 5) is 11.8. The van der Waals surface area contributed by atoms with Crippen LogP contribution in [0.5, 0.6) is 5.75 Å². The first-order valence-electron chi connectivity index (χ1n) is 6.32. The van der Waals surface area contributed by atoms with Gasteiger partial charge in [-0.25, -0.2) is 8.42 Å². The number of nitrogens with zero attached hydrogens (tertiary/aromatic N) is 1. The summed E-state index contributed by atoms with van der Waals surface area (Å²) in [7, 11) is -1.15. The Morgan fingerprint density at radius 2 is 2.14 bits per heavy atom. The van der Waals surface area contributed by atoms with Crippen molar-refractivity contribution in [1.29, 1.82) is 0 Å². The molecule has 0 N–H and O–H groups in total. The number of methoxy groups -OCH3 is 2. The molecule has 0 bridgehead atoms. The van der Waals surface area contributed by atoms with Crippen LogP contribution < -0.4 is 4.74 Å². The Bertz CT molecular complexity index is 615. The van der Waals surface area contributed by atoms with E-state index in [-0.39, 0.29) is 24.7 Å². The second-order valence-corrected chi connectivity index (χ2v) is 6.30. The second kappa shape index (κ2) is 6.42. The fourth-order valence-corrected chi connectivity index (χ4v) is 3.68. The van der Waals surface area contributed by atoms with Crippen molar-refractivity contribution in [2.45, 2.75) is 10.9 Å². The third-order valence-electron chi connectivity index (χ3n) is 3.20. The van der Waals surface area contributed by atoms with Crippen LogP contribution in [0.4, 0.5) is 0 Å². The quantitative estimate of drug-likeness (QED) is 0.741. The van der Waals surface area contributed by atoms with Crippen LogP contribution in [0.15, 0.2) is 29.2 Å². The van der Waals surface area contributed by atoms with E-state index in [0.717, 1.165) is 4.31 Å². The third-order valence-corrected chi connectivity index (χ3v) is 5.10. The number of esters is 1. The molecule has 8 heteroatoms. The van der Waals surface area contributed by atoms with E-state index in [9.17, 15) is 13.2 Å². The van der Waals surface area contributed by atoms with Gasteiger partial charge >= 0.3 is 5.97 Å². The van der Waals surface area contributed by atoms with Crippen molar-refractivity contribution in [2.24, 2.45) is 0 Å². The Morgan fingerprint density at radius 1 is 1.38 bits per heavy atom. The molecule has 7 nitrogen and oxygen atoms in total. The lowest BCUT2D eigenvalue weighted by molar-refractivity contribution is -0.149. The van der Waals surface area contributed by atoms with E-state index in [1.54, 1.807) is 12.1 Å². The standard InChI is InChI=1S/C13H17NO6S/c1-18-10-4-3-5-11(8-10)21(16,17)14-6-7-20-9-12(14)13(15)19-2/h3-5,8,12H,6-7,9H2,1-2H3. The number of hydrogen-bond acceptors (Lipinski definition) is 6. The number of ether oxygens (including phenoxy) is 3. The molecule has 21 heavy (non-hydrogen) atoms. The highest BCUT2D eigenvalue weighted by molar-refractivity contribution is 7.89. The zero-order chi connectivity index (χ0) is 15.5. The molecule has 0 radical (unpaired) electrons. The van der Waals surface area contributed by atoms with Gasteiger partial charge in [0, 0.05) is 12.6 Å². The summed E-state index contributed by atoms with van der Waals surface area (Å²) >= 11 is 0. The summed E-state index contributed by atoms with van der Waals surface area (Å²) in [6.07, 6.45) is 0. The average molecular weight is 315 g/mol. The van der Waals surface area contributed by atoms with Crippen molar-refractivity contribution in [3.05, 3.63) is 24.3 Å². The monoisotopic (exact) mass is 315 g/mol. The van der Waals surface area contributed by atoms with E-state index in [1.807, 2.05) is 0 Å². The van der Waals surface area contributed by atoms with Crippen LogP contribution in [-0.4, -0.2) is 58.7 Å². The minimum absolute atomic E-state index is 0.0180. The molecular weight excluding hydrogens is 298 g/mol. The summed E-state index contributed by atoms with van der Waals surface area (Å²) in [6.45, 7) is 0.311. The van der Waals surface area contributed by atoms with Crippen LogP contribution >= 0.6 is 0 Å². The molecule has 1 aromatic rings. The van der Waals surface area contributed by atoms with Gasteiger partial charge in [0.2, 0.25) is 10.0 Å². The Labute approximate surface area is 123 Å². The number of carbonyl (C=O) groups is 1. The van der Waals surface area contributed by atoms with Crippen molar-refractivity contribution in [3.63, 3.8) is 0 Å². The van der Waals surface area contributed by atoms with Crippen molar-refractivity contribution in [2.75, 3.05) is 34.0 Å². The fraction of sp³-hybridized carbons (Fsp3) is 0.462. The smallest absolute Gasteiger partial charge is 0.326 e. The molecule has 0 saturated carbocycles. The molecule has 0 spiro atoms. The molecule has 0 amide bonds. The molecule has 1 unspecified atom stereocenters. The van der Waals surface area contributed by atoms with Crippen molar-refractivity contribution < 1.29 is 27.4 Å². The SMILES string of the molecule is COC(=O)C1COCCN1S(=O)(=O)c1cccc(OC)c1. The van der Waals surface area contributed by atoms with Gasteiger partial charge < -0.3 is 14.2 Å². The highest BCUT2D eigenvalue weighted by Crippen LogP contribution is 2.24. The maximum Gasteiger partial charge on any atom is 0.326 e. The molecule has 1 aliphatic rings. The highest BCUT2D eigenvalue weighted by Gasteiger charge is 2.39. The van der Waals surface area contributed by atoms with Gasteiger partial charge in [0.25, 0.3) is 0 Å². The highest BCUT2D eigenvalue weighted by atomic mass is 32.2. The Balaban J connectivity index is 2.38. The van der Waals surface area contributed by atoms with E-state index >= 15 is 0 Å². The first kappa shape index (κ1) is 15.7. The topological polar surface area (TPSA) is 82.1 Å². The molecule has 1 aromatic carbocycles. The number of carbonyl (C=O) groups excluding carboxylic acids is 1. The normalized spacial score (nSPS) is 20.0. The maximum absolute atomic E-state index is 12.7. The van der Waals surface area contributed by atoms with Crippen LogP contribution in [0.25, 0.3) is 0 Å². The van der Waals surface area contributed by atoms with E-state index < -0.39 is 22.0 Å². The van der Waals surface area contributed by atoms with E-state index in [2.05, 4.69) is 4.74 Å². The molecule has 1 atom stereocenters. The Kier molecular flexibility index (Phi) is 4.81. The summed E-state index contributed by atoms with van der Waals surface area (Å²) in [5.41, 5.74) is 0. The molecule has 1 aliphatic heterocycles. The van der Waals surface area contributed by atoms with Gasteiger partial charge in [-0.1, -0.05) is 6.07 Å². The average Bonchev–Trinajstić information content (AvgIpc) is 2.54. The number of benzene rings is 1. The lowest BCUT2D eigenvalue weighted by atomic mass is 10.3. The molecule has 0 aromatic heterocycles. The number of sulfonamides is 1. The Morgan fingerprint density at radius 3 is 2.81 bits per heavy atom. The van der Waals surface area contributed by atoms with E-state index in [1.165, 1.54) is 26.4 Å². The molecule has 116 valence electrons. The van der Waals surface area contributed by atoms with Gasteiger partial charge in [0.05, 0.1) is 32.3 Å². The minimum Gasteiger partial charge on any atom is -0.497 e. The van der Waals surface area contributed by atoms with Gasteiger partial charge in [0.1, 0.15) is 11.8 Å². The van der Waals surface area contributed by atoms with Crippen molar-refractivity contribution >= 4 is 16.0 Å². The predicted molar refractivity (Wildman–Crippen MR) is 73.5 cm³/mol. The second-order valence-electron chi connectivity index (χ2n) is 4.41. The zero-order valence-corrected chi connectivity index (χ0v) is 12.6. The summed E-state index contributed by atoms with van der Waals surface area (Å²) in [5, 5.41) is 0. The number of morpholine rings is 1. The van der Waals surface area contributed by atoms with E-state index in [0.29, 0.717) is 5.75 Å². The molecule has 2 rings (SSSR count). The lowest BCUT2D eigenvalue weighted by Gasteiger charge is -2.32. The fourth-order valence-electron chi connectivity index (χ4n) is 2.09. The van der Waals surface area contributed by atoms with Gasteiger partial charge in [-0.2, -0.15) is 4.31 Å². The van der Waals surface area contributed by atoms with Gasteiger partial charge in [-0.15, -0.1) is 0 Å². The van der Waals surface area contributed by atoms with Crippen molar-refractivity contribution in [3.8, 4) is 5.75 Å². The van der Waals surface area contributed by atoms with Crippen LogP contribution in [0.3, 0.4) is 0 Å². The van der Waals surface area contributed by atoms with Gasteiger partial charge in [0.15, 0.2) is 0 Å². The van der Waals surface area contributed by atoms with Crippen LogP contribution in [0.1, 0.15) is 0 Å². The molecule has 1 saturated heterocycles. The Hall–Kier alpha value is -1.64. The summed E-state index contributed by atoms with van der Waals surface area (Å²) in [6, 6.07) is 5.14. The van der Waals surface area contributed by atoms with E-state index in [4.69, 9.17) is 9.47 Å². The molecule has 1 heterocycles. The molecule has 0 aliphatic carbocycles. The predicted octanol–water partition coefficient (Wildman–Crippen LogP) is 0.258. The summed E-state index contributed by atoms with van der Waals surface area (Å²) in [5.74, 6) is -0.208. The lowest BCUT2D eigenvalue weighted by Crippen LogP contribution is -2.52. The minimum atomic E-state index is -3.83. The third kappa shape index (κ3) is 3.17. The van der Waals surface area contributed by atoms with Crippen LogP contribution in [-0.2, 0) is 24.3 Å². The van der Waals surface area contributed by atoms with Gasteiger partial charge in [-0.05, 0) is 12.1 Å². The number of rotatable bonds is 4. The van der Waals surface area contributed by atoms with Crippen LogP contribution in [0, 0.1) is 0 Å². The molecular formula is C13H17NO6S. The maximum atomic E-state index is 12.7. The zero-order valence-electron chi connectivity index (χ0n) is 11.8. The summed E-state index contributed by atoms with van der Waals surface area (Å²) < 4.78 is 41.4. The number of hydrogen-bond donors (Lipinski definition) is 0.